The maximum atomic E-state index is 12.7. The lowest BCUT2D eigenvalue weighted by atomic mass is 10.0. The molecule has 0 bridgehead atoms. The monoisotopic (exact) mass is 545 g/mol. The second-order valence-corrected chi connectivity index (χ2v) is 8.96. The van der Waals surface area contributed by atoms with Gasteiger partial charge in [0.05, 0.1) is 11.6 Å². The normalized spacial score (nSPS) is 20.4. The Balaban J connectivity index is 1.73. The van der Waals surface area contributed by atoms with Crippen LogP contribution >= 0.6 is 39.5 Å². The molecule has 0 aromatic carbocycles. The number of halogens is 1. The van der Waals surface area contributed by atoms with E-state index in [9.17, 15) is 29.1 Å². The number of ketones is 1. The minimum absolute atomic E-state index is 0.0616. The molecule has 170 valence electrons. The molecule has 1 unspecified atom stereocenters. The van der Waals surface area contributed by atoms with Gasteiger partial charge in [0.15, 0.2) is 5.76 Å². The predicted octanol–water partition coefficient (Wildman–Crippen LogP) is 0.858. The third kappa shape index (κ3) is 4.76. The van der Waals surface area contributed by atoms with Crippen LogP contribution in [-0.2, 0) is 24.0 Å². The summed E-state index contributed by atoms with van der Waals surface area (Å²) in [7, 11) is 1.17. The molecule has 0 spiro atoms. The molecule has 0 saturated carbocycles. The SMILES string of the molecule is CO/N=C(/C(=O)CBr)C(=O)NC1C(=O)N2C(C(=O)O)=C(CSC(=O)c3ccco3)CS[C@H]12. The summed E-state index contributed by atoms with van der Waals surface area (Å²) in [5.74, 6) is -3.06. The molecule has 0 radical (unpaired) electrons. The van der Waals surface area contributed by atoms with Gasteiger partial charge in [-0.1, -0.05) is 32.8 Å². The summed E-state index contributed by atoms with van der Waals surface area (Å²) in [5.41, 5.74) is -0.330. The maximum Gasteiger partial charge on any atom is 0.352 e. The van der Waals surface area contributed by atoms with Gasteiger partial charge in [-0.25, -0.2) is 4.79 Å². The van der Waals surface area contributed by atoms with Crippen molar-refractivity contribution in [3.05, 3.63) is 35.4 Å². The van der Waals surface area contributed by atoms with Crippen LogP contribution in [0.3, 0.4) is 0 Å². The van der Waals surface area contributed by atoms with Gasteiger partial charge in [0, 0.05) is 11.5 Å². The maximum absolute atomic E-state index is 12.7. The van der Waals surface area contributed by atoms with Crippen molar-refractivity contribution in [2.24, 2.45) is 5.16 Å². The zero-order chi connectivity index (χ0) is 23.4. The average molecular weight is 546 g/mol. The van der Waals surface area contributed by atoms with E-state index in [1.807, 2.05) is 0 Å². The van der Waals surface area contributed by atoms with E-state index in [2.05, 4.69) is 31.2 Å². The third-order valence-corrected chi connectivity index (χ3v) is 7.22. The number of thioether (sulfide) groups is 2. The van der Waals surface area contributed by atoms with E-state index >= 15 is 0 Å². The Kier molecular flexibility index (Phi) is 7.79. The molecule has 2 amide bonds. The summed E-state index contributed by atoms with van der Waals surface area (Å²) in [6, 6.07) is 2.03. The van der Waals surface area contributed by atoms with Gasteiger partial charge in [0.25, 0.3) is 16.9 Å². The second kappa shape index (κ2) is 10.4. The van der Waals surface area contributed by atoms with E-state index in [4.69, 9.17) is 4.42 Å². The van der Waals surface area contributed by atoms with E-state index in [0.717, 1.165) is 16.7 Å². The summed E-state index contributed by atoms with van der Waals surface area (Å²) in [5, 5.41) is 14.3. The number of oxime groups is 1. The topological polar surface area (TPSA) is 156 Å². The van der Waals surface area contributed by atoms with Crippen molar-refractivity contribution < 1.29 is 38.3 Å². The van der Waals surface area contributed by atoms with E-state index < -0.39 is 40.7 Å². The lowest BCUT2D eigenvalue weighted by molar-refractivity contribution is -0.150. The second-order valence-electron chi connectivity index (χ2n) is 6.35. The number of alkyl halides is 1. The molecule has 3 heterocycles. The minimum Gasteiger partial charge on any atom is -0.477 e. The Morgan fingerprint density at radius 1 is 1.44 bits per heavy atom. The number of aliphatic carboxylic acids is 1. The van der Waals surface area contributed by atoms with Crippen LogP contribution in [0, 0.1) is 0 Å². The van der Waals surface area contributed by atoms with Crippen LogP contribution < -0.4 is 5.32 Å². The molecule has 14 heteroatoms. The first kappa shape index (κ1) is 24.1. The molecule has 3 rings (SSSR count). The Hall–Kier alpha value is -2.58. The molecule has 2 aliphatic rings. The van der Waals surface area contributed by atoms with Crippen LogP contribution in [0.1, 0.15) is 10.6 Å². The summed E-state index contributed by atoms with van der Waals surface area (Å²) >= 11 is 5.05. The number of β-lactam (4-membered cyclic amide) rings is 1. The summed E-state index contributed by atoms with van der Waals surface area (Å²) < 4.78 is 5.03. The molecular weight excluding hydrogens is 530 g/mol. The number of fused-ring (bicyclic) bond motifs is 1. The standard InChI is InChI=1S/C18H16BrN3O8S2/c1-29-21-11(9(23)5-19)14(24)20-12-15(25)22-13(17(26)27)8(6-31-16(12)22)7-32-18(28)10-3-2-4-30-10/h2-4,12,16H,5-7H2,1H3,(H,20,24)(H,26,27)/b21-11-/t12?,16-/m1/s1. The van der Waals surface area contributed by atoms with Gasteiger partial charge in [-0.3, -0.25) is 24.1 Å². The van der Waals surface area contributed by atoms with Crippen molar-refractivity contribution in [1.82, 2.24) is 10.2 Å². The Bertz CT molecular complexity index is 1020. The number of carbonyl (C=O) groups is 5. The highest BCUT2D eigenvalue weighted by Crippen LogP contribution is 2.41. The third-order valence-electron chi connectivity index (χ3n) is 4.42. The zero-order valence-corrected chi connectivity index (χ0v) is 19.6. The highest BCUT2D eigenvalue weighted by atomic mass is 79.9. The first-order chi connectivity index (χ1) is 15.3. The number of amides is 2. The molecule has 2 N–H and O–H groups in total. The van der Waals surface area contributed by atoms with Crippen LogP contribution in [0.25, 0.3) is 0 Å². The molecule has 11 nitrogen and oxygen atoms in total. The van der Waals surface area contributed by atoms with E-state index in [1.54, 1.807) is 6.07 Å². The number of hydrogen-bond acceptors (Lipinski definition) is 10. The average Bonchev–Trinajstić information content (AvgIpc) is 3.33. The van der Waals surface area contributed by atoms with Crippen molar-refractivity contribution in [3.63, 3.8) is 0 Å². The molecule has 1 aromatic heterocycles. The number of carbonyl (C=O) groups excluding carboxylic acids is 4. The molecule has 1 fully saturated rings. The van der Waals surface area contributed by atoms with Gasteiger partial charge in [-0.15, -0.1) is 11.8 Å². The zero-order valence-electron chi connectivity index (χ0n) is 16.4. The highest BCUT2D eigenvalue weighted by molar-refractivity contribution is 9.09. The molecule has 1 saturated heterocycles. The summed E-state index contributed by atoms with van der Waals surface area (Å²) in [4.78, 5) is 66.5. The van der Waals surface area contributed by atoms with Gasteiger partial charge < -0.3 is 19.7 Å². The minimum atomic E-state index is -1.31. The Morgan fingerprint density at radius 3 is 2.78 bits per heavy atom. The van der Waals surface area contributed by atoms with Gasteiger partial charge in [0.1, 0.15) is 24.2 Å². The first-order valence-corrected chi connectivity index (χ1v) is 12.1. The van der Waals surface area contributed by atoms with Crippen molar-refractivity contribution >= 4 is 73.8 Å². The van der Waals surface area contributed by atoms with Crippen molar-refractivity contribution in [2.45, 2.75) is 11.4 Å². The number of carboxylic acids is 1. The number of furan rings is 1. The molecular formula is C18H16BrN3O8S2. The molecule has 1 aromatic rings. The molecule has 0 aliphatic carbocycles. The smallest absolute Gasteiger partial charge is 0.352 e. The number of hydrogen-bond donors (Lipinski definition) is 2. The Morgan fingerprint density at radius 2 is 2.19 bits per heavy atom. The predicted molar refractivity (Wildman–Crippen MR) is 118 cm³/mol. The fourth-order valence-corrected chi connectivity index (χ4v) is 5.54. The van der Waals surface area contributed by atoms with E-state index in [0.29, 0.717) is 5.57 Å². The highest BCUT2D eigenvalue weighted by Gasteiger charge is 2.54. The van der Waals surface area contributed by atoms with Gasteiger partial charge in [-0.05, 0) is 17.7 Å². The van der Waals surface area contributed by atoms with Crippen LogP contribution in [0.5, 0.6) is 0 Å². The number of rotatable bonds is 9. The van der Waals surface area contributed by atoms with Gasteiger partial charge in [-0.2, -0.15) is 0 Å². The largest absolute Gasteiger partial charge is 0.477 e. The summed E-state index contributed by atoms with van der Waals surface area (Å²) in [6.45, 7) is 0. The summed E-state index contributed by atoms with van der Waals surface area (Å²) in [6.07, 6.45) is 1.36. The molecule has 2 atom stereocenters. The molecule has 2 aliphatic heterocycles. The fourth-order valence-electron chi connectivity index (χ4n) is 3.00. The van der Waals surface area contributed by atoms with Crippen molar-refractivity contribution in [2.75, 3.05) is 23.9 Å². The first-order valence-electron chi connectivity index (χ1n) is 8.92. The number of nitrogens with zero attached hydrogens (tertiary/aromatic N) is 2. The van der Waals surface area contributed by atoms with Crippen LogP contribution in [-0.4, -0.2) is 79.8 Å². The lowest BCUT2D eigenvalue weighted by Crippen LogP contribution is -2.71. The number of nitrogens with one attached hydrogen (secondary N) is 1. The van der Waals surface area contributed by atoms with Crippen molar-refractivity contribution in [3.8, 4) is 0 Å². The van der Waals surface area contributed by atoms with Gasteiger partial charge >= 0.3 is 5.97 Å². The lowest BCUT2D eigenvalue weighted by Gasteiger charge is -2.49. The Labute approximate surface area is 198 Å². The van der Waals surface area contributed by atoms with Crippen LogP contribution in [0.15, 0.2) is 39.2 Å². The number of carboxylic acid groups (broad SMARTS) is 1. The van der Waals surface area contributed by atoms with Crippen LogP contribution in [0.4, 0.5) is 0 Å². The molecule has 32 heavy (non-hydrogen) atoms. The number of Topliss-reactive ketones (excluding diaryl/α,β-unsaturated/α-hetero) is 1. The van der Waals surface area contributed by atoms with E-state index in [-0.39, 0.29) is 33.4 Å². The van der Waals surface area contributed by atoms with E-state index in [1.165, 1.54) is 31.2 Å². The van der Waals surface area contributed by atoms with Crippen LogP contribution in [0.2, 0.25) is 0 Å². The fraction of sp³-hybridized carbons (Fsp3) is 0.333. The van der Waals surface area contributed by atoms with Crippen molar-refractivity contribution in [1.29, 1.82) is 0 Å². The quantitative estimate of drug-likeness (QED) is 0.150. The van der Waals surface area contributed by atoms with Gasteiger partial charge in [0.2, 0.25) is 11.5 Å².